The lowest BCUT2D eigenvalue weighted by Crippen LogP contribution is -2.35. The number of esters is 2. The van der Waals surface area contributed by atoms with E-state index in [9.17, 15) is 19.2 Å². The van der Waals surface area contributed by atoms with Gasteiger partial charge in [-0.15, -0.1) is 0 Å². The van der Waals surface area contributed by atoms with Crippen molar-refractivity contribution in [2.75, 3.05) is 13.2 Å². The van der Waals surface area contributed by atoms with Crippen LogP contribution in [0, 0.1) is 12.3 Å². The van der Waals surface area contributed by atoms with Crippen LogP contribution in [0.2, 0.25) is 0 Å². The molecular formula is C21H31N5O7. The molecule has 1 aliphatic heterocycles. The molecule has 1 unspecified atom stereocenters. The van der Waals surface area contributed by atoms with Crippen LogP contribution in [-0.4, -0.2) is 46.8 Å². The summed E-state index contributed by atoms with van der Waals surface area (Å²) in [5, 5.41) is 3.48. The topological polar surface area (TPSA) is 165 Å². The molecule has 182 valence electrons. The van der Waals surface area contributed by atoms with Gasteiger partial charge in [0.2, 0.25) is 0 Å². The van der Waals surface area contributed by atoms with Crippen LogP contribution >= 0.6 is 0 Å². The minimum Gasteiger partial charge on any atom is -0.462 e. The van der Waals surface area contributed by atoms with Gasteiger partial charge in [0.05, 0.1) is 5.41 Å². The van der Waals surface area contributed by atoms with E-state index in [1.165, 1.54) is 17.7 Å². The number of nitrogens with zero attached hydrogens (tertiary/aromatic N) is 4. The number of carbonyl (C=O) groups excluding carboxylic acids is 2. The van der Waals surface area contributed by atoms with Gasteiger partial charge in [-0.05, 0) is 39.1 Å². The highest BCUT2D eigenvalue weighted by Gasteiger charge is 2.40. The van der Waals surface area contributed by atoms with Crippen molar-refractivity contribution >= 4 is 11.9 Å². The minimum absolute atomic E-state index is 0.148. The van der Waals surface area contributed by atoms with Crippen LogP contribution in [-0.2, 0) is 23.8 Å². The molecule has 2 rings (SSSR count). The predicted octanol–water partition coefficient (Wildman–Crippen LogP) is 2.50. The van der Waals surface area contributed by atoms with E-state index < -0.39 is 47.0 Å². The molecule has 0 aliphatic carbocycles. The molecule has 12 nitrogen and oxygen atoms in total. The number of rotatable bonds is 11. The van der Waals surface area contributed by atoms with E-state index in [1.807, 2.05) is 0 Å². The zero-order chi connectivity index (χ0) is 24.6. The van der Waals surface area contributed by atoms with Crippen molar-refractivity contribution in [1.29, 1.82) is 0 Å². The lowest BCUT2D eigenvalue weighted by Gasteiger charge is -2.24. The van der Waals surface area contributed by atoms with Crippen LogP contribution in [0.3, 0.4) is 0 Å². The van der Waals surface area contributed by atoms with Gasteiger partial charge in [0.15, 0.2) is 0 Å². The third-order valence-electron chi connectivity index (χ3n) is 5.51. The maximum Gasteiger partial charge on any atom is 0.330 e. The standard InChI is InChI=1S/C21H31N5O7/c1-13-11-26(20(30)24-18(13)28)17-10-15(32-14(2)27)16(33-17)12-31-19(29)21(3,4)8-6-5-7-9-23-25-22/h11,15-17H,5-10,12H2,1-4H3,(H,24,28,30)/t15?,16-,17-/m1/s1. The van der Waals surface area contributed by atoms with Crippen LogP contribution in [0.5, 0.6) is 0 Å². The third kappa shape index (κ3) is 7.47. The van der Waals surface area contributed by atoms with Gasteiger partial charge >= 0.3 is 17.6 Å². The van der Waals surface area contributed by atoms with Gasteiger partial charge in [-0.2, -0.15) is 0 Å². The number of hydrogen-bond acceptors (Lipinski definition) is 8. The molecule has 12 heteroatoms. The van der Waals surface area contributed by atoms with Crippen molar-refractivity contribution in [2.45, 2.75) is 78.2 Å². The second-order valence-corrected chi connectivity index (χ2v) is 8.74. The Kier molecular flexibility index (Phi) is 9.24. The van der Waals surface area contributed by atoms with Crippen LogP contribution in [0.4, 0.5) is 0 Å². The molecule has 0 saturated carbocycles. The summed E-state index contributed by atoms with van der Waals surface area (Å²) in [6, 6.07) is 0. The highest BCUT2D eigenvalue weighted by molar-refractivity contribution is 5.75. The number of H-pyrrole nitrogens is 1. The highest BCUT2D eigenvalue weighted by Crippen LogP contribution is 2.31. The molecule has 0 bridgehead atoms. The molecular weight excluding hydrogens is 434 g/mol. The molecule has 33 heavy (non-hydrogen) atoms. The minimum atomic E-state index is -0.787. The average Bonchev–Trinajstić information content (AvgIpc) is 3.12. The number of nitrogens with one attached hydrogen (secondary N) is 1. The molecule has 1 aromatic rings. The van der Waals surface area contributed by atoms with E-state index in [1.54, 1.807) is 20.8 Å². The van der Waals surface area contributed by atoms with Crippen LogP contribution in [0.1, 0.15) is 64.7 Å². The number of aromatic nitrogens is 2. The van der Waals surface area contributed by atoms with Gasteiger partial charge < -0.3 is 14.2 Å². The molecule has 0 spiro atoms. The van der Waals surface area contributed by atoms with Gasteiger partial charge in [-0.1, -0.05) is 18.0 Å². The van der Waals surface area contributed by atoms with E-state index in [2.05, 4.69) is 15.0 Å². The van der Waals surface area contributed by atoms with Crippen molar-refractivity contribution in [1.82, 2.24) is 9.55 Å². The van der Waals surface area contributed by atoms with E-state index in [4.69, 9.17) is 19.7 Å². The summed E-state index contributed by atoms with van der Waals surface area (Å²) in [4.78, 5) is 53.0. The smallest absolute Gasteiger partial charge is 0.330 e. The summed E-state index contributed by atoms with van der Waals surface area (Å²) < 4.78 is 17.9. The van der Waals surface area contributed by atoms with E-state index in [-0.39, 0.29) is 13.0 Å². The Morgan fingerprint density at radius 3 is 2.73 bits per heavy atom. The SMILES string of the molecule is CC(=O)OC1C[C@H](n2cc(C)c(=O)[nH]c2=O)O[C@@H]1COC(=O)C(C)(C)CCCCCN=[N+]=[N-]. The van der Waals surface area contributed by atoms with Crippen LogP contribution < -0.4 is 11.2 Å². The van der Waals surface area contributed by atoms with E-state index in [0.29, 0.717) is 18.5 Å². The van der Waals surface area contributed by atoms with Gasteiger partial charge in [0.1, 0.15) is 25.0 Å². The number of aromatic amines is 1. The van der Waals surface area contributed by atoms with E-state index in [0.717, 1.165) is 19.3 Å². The Morgan fingerprint density at radius 2 is 2.06 bits per heavy atom. The summed E-state index contributed by atoms with van der Waals surface area (Å²) in [6.07, 6.45) is 2.23. The fourth-order valence-electron chi connectivity index (χ4n) is 3.58. The number of unbranched alkanes of at least 4 members (excludes halogenated alkanes) is 2. The van der Waals surface area contributed by atoms with Crippen molar-refractivity contribution in [2.24, 2.45) is 10.5 Å². The molecule has 1 fully saturated rings. The normalized spacial score (nSPS) is 20.2. The summed E-state index contributed by atoms with van der Waals surface area (Å²) in [5.74, 6) is -0.935. The summed E-state index contributed by atoms with van der Waals surface area (Å²) >= 11 is 0. The van der Waals surface area contributed by atoms with Crippen molar-refractivity contribution in [3.8, 4) is 0 Å². The van der Waals surface area contributed by atoms with Gasteiger partial charge in [0.25, 0.3) is 5.56 Å². The van der Waals surface area contributed by atoms with Crippen molar-refractivity contribution in [3.63, 3.8) is 0 Å². The van der Waals surface area contributed by atoms with Crippen LogP contribution in [0.25, 0.3) is 10.4 Å². The quantitative estimate of drug-likeness (QED) is 0.172. The summed E-state index contributed by atoms with van der Waals surface area (Å²) in [7, 11) is 0. The largest absolute Gasteiger partial charge is 0.462 e. The second-order valence-electron chi connectivity index (χ2n) is 8.74. The molecule has 2 heterocycles. The number of hydrogen-bond donors (Lipinski definition) is 1. The molecule has 0 radical (unpaired) electrons. The fourth-order valence-corrected chi connectivity index (χ4v) is 3.58. The first-order valence-corrected chi connectivity index (χ1v) is 10.9. The fraction of sp³-hybridized carbons (Fsp3) is 0.714. The van der Waals surface area contributed by atoms with Gasteiger partial charge in [-0.3, -0.25) is 23.9 Å². The molecule has 1 aliphatic rings. The first-order chi connectivity index (χ1) is 15.5. The molecule has 1 aromatic heterocycles. The zero-order valence-electron chi connectivity index (χ0n) is 19.4. The Bertz CT molecular complexity index is 1010. The molecule has 3 atom stereocenters. The zero-order valence-corrected chi connectivity index (χ0v) is 19.4. The number of ether oxygens (including phenoxy) is 3. The number of carbonyl (C=O) groups is 2. The molecule has 1 N–H and O–H groups in total. The highest BCUT2D eigenvalue weighted by atomic mass is 16.6. The predicted molar refractivity (Wildman–Crippen MR) is 117 cm³/mol. The first kappa shape index (κ1) is 26.1. The molecule has 0 aromatic carbocycles. The van der Waals surface area contributed by atoms with Crippen LogP contribution in [0.15, 0.2) is 20.9 Å². The summed E-state index contributed by atoms with van der Waals surface area (Å²) in [6.45, 7) is 6.67. The van der Waals surface area contributed by atoms with E-state index >= 15 is 0 Å². The first-order valence-electron chi connectivity index (χ1n) is 10.9. The third-order valence-corrected chi connectivity index (χ3v) is 5.51. The summed E-state index contributed by atoms with van der Waals surface area (Å²) in [5.41, 5.74) is 6.75. The van der Waals surface area contributed by atoms with Gasteiger partial charge in [0, 0.05) is 36.6 Å². The molecule has 1 saturated heterocycles. The van der Waals surface area contributed by atoms with Gasteiger partial charge in [-0.25, -0.2) is 4.79 Å². The lowest BCUT2D eigenvalue weighted by molar-refractivity contribution is -0.163. The van der Waals surface area contributed by atoms with Crippen molar-refractivity contribution in [3.05, 3.63) is 43.0 Å². The second kappa shape index (κ2) is 11.7. The Balaban J connectivity index is 1.99. The Labute approximate surface area is 190 Å². The molecule has 0 amide bonds. The Morgan fingerprint density at radius 1 is 1.33 bits per heavy atom. The maximum atomic E-state index is 12.7. The number of azide groups is 1. The maximum absolute atomic E-state index is 12.7. The Hall–Kier alpha value is -3.11. The monoisotopic (exact) mass is 465 g/mol. The number of aryl methyl sites for hydroxylation is 1. The lowest BCUT2D eigenvalue weighted by atomic mass is 9.87. The average molecular weight is 466 g/mol. The van der Waals surface area contributed by atoms with Crippen molar-refractivity contribution < 1.29 is 23.8 Å².